The Kier molecular flexibility index (Phi) is 4.15. The molecule has 0 fully saturated rings. The van der Waals surface area contributed by atoms with Crippen molar-refractivity contribution in [3.63, 3.8) is 0 Å². The average molecular weight is 351 g/mol. The fourth-order valence-corrected chi connectivity index (χ4v) is 3.51. The third-order valence-electron chi connectivity index (χ3n) is 3.85. The van der Waals surface area contributed by atoms with Gasteiger partial charge < -0.3 is 9.84 Å². The van der Waals surface area contributed by atoms with E-state index in [1.54, 1.807) is 11.3 Å². The van der Waals surface area contributed by atoms with Gasteiger partial charge in [-0.2, -0.15) is 4.98 Å². The van der Waals surface area contributed by atoms with Crippen LogP contribution >= 0.6 is 11.3 Å². The highest BCUT2D eigenvalue weighted by atomic mass is 32.1. The maximum absolute atomic E-state index is 5.24. The summed E-state index contributed by atoms with van der Waals surface area (Å²) in [6, 6.07) is 10.4. The number of nitrogens with one attached hydrogen (secondary N) is 1. The van der Waals surface area contributed by atoms with Crippen LogP contribution in [0, 0.1) is 13.8 Å². The van der Waals surface area contributed by atoms with Crippen molar-refractivity contribution < 1.29 is 4.52 Å². The quantitative estimate of drug-likeness (QED) is 0.588. The first kappa shape index (κ1) is 15.7. The molecule has 0 spiro atoms. The maximum Gasteiger partial charge on any atom is 0.263 e. The summed E-state index contributed by atoms with van der Waals surface area (Å²) in [4.78, 5) is 13.5. The summed E-state index contributed by atoms with van der Waals surface area (Å²) in [5.74, 6) is 1.38. The normalized spacial score (nSPS) is 11.1. The zero-order valence-electron chi connectivity index (χ0n) is 14.0. The fourth-order valence-electron chi connectivity index (χ4n) is 2.68. The van der Waals surface area contributed by atoms with E-state index in [1.165, 1.54) is 5.56 Å². The molecule has 0 amide bonds. The predicted molar refractivity (Wildman–Crippen MR) is 97.8 cm³/mol. The van der Waals surface area contributed by atoms with Gasteiger partial charge in [-0.15, -0.1) is 11.3 Å². The van der Waals surface area contributed by atoms with Crippen molar-refractivity contribution in [2.45, 2.75) is 26.8 Å². The molecule has 0 aliphatic rings. The van der Waals surface area contributed by atoms with Gasteiger partial charge >= 0.3 is 0 Å². The predicted octanol–water partition coefficient (Wildman–Crippen LogP) is 3.89. The van der Waals surface area contributed by atoms with E-state index in [9.17, 15) is 0 Å². The van der Waals surface area contributed by atoms with Gasteiger partial charge in [-0.1, -0.05) is 35.5 Å². The van der Waals surface area contributed by atoms with Gasteiger partial charge in [0.1, 0.15) is 17.0 Å². The fraction of sp³-hybridized carbons (Fsp3) is 0.222. The molecule has 4 aromatic rings. The minimum atomic E-state index is 0.510. The highest BCUT2D eigenvalue weighted by Crippen LogP contribution is 2.24. The molecule has 0 aliphatic carbocycles. The number of rotatable bonds is 5. The molecule has 1 N–H and O–H groups in total. The average Bonchev–Trinajstić information content (AvgIpc) is 3.20. The molecule has 0 saturated carbocycles. The molecule has 25 heavy (non-hydrogen) atoms. The summed E-state index contributed by atoms with van der Waals surface area (Å²) >= 11 is 1.68. The highest BCUT2D eigenvalue weighted by molar-refractivity contribution is 7.09. The van der Waals surface area contributed by atoms with E-state index in [2.05, 4.69) is 50.1 Å². The zero-order valence-corrected chi connectivity index (χ0v) is 14.8. The molecular weight excluding hydrogens is 334 g/mol. The number of benzene rings is 1. The van der Waals surface area contributed by atoms with E-state index in [0.717, 1.165) is 34.0 Å². The van der Waals surface area contributed by atoms with Crippen molar-refractivity contribution in [2.24, 2.45) is 0 Å². The van der Waals surface area contributed by atoms with E-state index in [4.69, 9.17) is 9.51 Å². The summed E-state index contributed by atoms with van der Waals surface area (Å²) in [5.41, 5.74) is 3.55. The van der Waals surface area contributed by atoms with Crippen LogP contribution < -0.4 is 5.32 Å². The molecule has 3 aromatic heterocycles. The SMILES string of the molecule is Cc1nc(NCc2csc(Cc3ccccc3)n2)c2c(C)noc2n1. The molecule has 6 nitrogen and oxygen atoms in total. The monoisotopic (exact) mass is 351 g/mol. The number of aryl methyl sites for hydroxylation is 2. The van der Waals surface area contributed by atoms with Crippen LogP contribution in [0.5, 0.6) is 0 Å². The van der Waals surface area contributed by atoms with Crippen LogP contribution in [-0.2, 0) is 13.0 Å². The molecular formula is C18H17N5OS. The summed E-state index contributed by atoms with van der Waals surface area (Å²) in [6.07, 6.45) is 0.854. The summed E-state index contributed by atoms with van der Waals surface area (Å²) in [7, 11) is 0. The van der Waals surface area contributed by atoms with Gasteiger partial charge in [0.15, 0.2) is 0 Å². The summed E-state index contributed by atoms with van der Waals surface area (Å²) in [5, 5.41) is 11.3. The molecule has 0 bridgehead atoms. The van der Waals surface area contributed by atoms with E-state index >= 15 is 0 Å². The molecule has 4 rings (SSSR count). The van der Waals surface area contributed by atoms with Gasteiger partial charge in [0.05, 0.1) is 22.9 Å². The van der Waals surface area contributed by atoms with E-state index in [-0.39, 0.29) is 0 Å². The second kappa shape index (κ2) is 6.60. The molecule has 0 unspecified atom stereocenters. The van der Waals surface area contributed by atoms with Gasteiger partial charge in [0.25, 0.3) is 5.71 Å². The number of aromatic nitrogens is 4. The lowest BCUT2D eigenvalue weighted by Gasteiger charge is -2.05. The summed E-state index contributed by atoms with van der Waals surface area (Å²) in [6.45, 7) is 4.32. The van der Waals surface area contributed by atoms with Gasteiger partial charge in [0.2, 0.25) is 0 Å². The second-order valence-electron chi connectivity index (χ2n) is 5.82. The standard InChI is InChI=1S/C18H17N5OS/c1-11-16-17(20-12(2)21-18(16)24-23-11)19-9-14-10-25-15(22-14)8-13-6-4-3-5-7-13/h3-7,10H,8-9H2,1-2H3,(H,19,20,21). The van der Waals surface area contributed by atoms with E-state index in [0.29, 0.717) is 18.1 Å². The summed E-state index contributed by atoms with van der Waals surface area (Å²) < 4.78 is 5.24. The first-order valence-corrected chi connectivity index (χ1v) is 8.88. The van der Waals surface area contributed by atoms with Crippen LogP contribution in [0.3, 0.4) is 0 Å². The number of nitrogens with zero attached hydrogens (tertiary/aromatic N) is 4. The molecule has 3 heterocycles. The lowest BCUT2D eigenvalue weighted by Crippen LogP contribution is -2.04. The Morgan fingerprint density at radius 1 is 1.08 bits per heavy atom. The van der Waals surface area contributed by atoms with E-state index < -0.39 is 0 Å². The number of hydrogen-bond donors (Lipinski definition) is 1. The number of anilines is 1. The van der Waals surface area contributed by atoms with Crippen molar-refractivity contribution in [3.05, 3.63) is 63.5 Å². The first-order valence-electron chi connectivity index (χ1n) is 8.01. The van der Waals surface area contributed by atoms with Crippen LogP contribution in [0.1, 0.15) is 27.8 Å². The molecule has 0 radical (unpaired) electrons. The highest BCUT2D eigenvalue weighted by Gasteiger charge is 2.14. The first-order chi connectivity index (χ1) is 12.2. The van der Waals surface area contributed by atoms with Gasteiger partial charge in [-0.3, -0.25) is 0 Å². The second-order valence-corrected chi connectivity index (χ2v) is 6.76. The maximum atomic E-state index is 5.24. The number of hydrogen-bond acceptors (Lipinski definition) is 7. The zero-order chi connectivity index (χ0) is 17.2. The Morgan fingerprint density at radius 3 is 2.76 bits per heavy atom. The Bertz CT molecular complexity index is 1010. The smallest absolute Gasteiger partial charge is 0.263 e. The van der Waals surface area contributed by atoms with Gasteiger partial charge in [-0.25, -0.2) is 9.97 Å². The van der Waals surface area contributed by atoms with E-state index in [1.807, 2.05) is 19.9 Å². The van der Waals surface area contributed by atoms with Crippen molar-refractivity contribution >= 4 is 28.3 Å². The van der Waals surface area contributed by atoms with Crippen molar-refractivity contribution in [2.75, 3.05) is 5.32 Å². The Hall–Kier alpha value is -2.80. The minimum absolute atomic E-state index is 0.510. The van der Waals surface area contributed by atoms with Crippen LogP contribution in [0.2, 0.25) is 0 Å². The Balaban J connectivity index is 1.50. The van der Waals surface area contributed by atoms with Crippen molar-refractivity contribution in [1.82, 2.24) is 20.1 Å². The Labute approximate surface area is 149 Å². The largest absolute Gasteiger partial charge is 0.364 e. The minimum Gasteiger partial charge on any atom is -0.364 e. The van der Waals surface area contributed by atoms with Crippen molar-refractivity contribution in [3.8, 4) is 0 Å². The molecule has 0 saturated heterocycles. The number of thiazole rings is 1. The third-order valence-corrected chi connectivity index (χ3v) is 4.75. The number of fused-ring (bicyclic) bond motifs is 1. The molecule has 1 aromatic carbocycles. The van der Waals surface area contributed by atoms with Gasteiger partial charge in [0, 0.05) is 11.8 Å². The molecule has 126 valence electrons. The van der Waals surface area contributed by atoms with Gasteiger partial charge in [-0.05, 0) is 19.4 Å². The topological polar surface area (TPSA) is 76.7 Å². The molecule has 7 heteroatoms. The van der Waals surface area contributed by atoms with Crippen molar-refractivity contribution in [1.29, 1.82) is 0 Å². The van der Waals surface area contributed by atoms with Crippen LogP contribution in [0.4, 0.5) is 5.82 Å². The molecule has 0 atom stereocenters. The van der Waals surface area contributed by atoms with Crippen LogP contribution in [-0.4, -0.2) is 20.1 Å². The van der Waals surface area contributed by atoms with Crippen LogP contribution in [0.25, 0.3) is 11.1 Å². The Morgan fingerprint density at radius 2 is 1.92 bits per heavy atom. The third kappa shape index (κ3) is 3.36. The van der Waals surface area contributed by atoms with Crippen LogP contribution in [0.15, 0.2) is 40.2 Å². The lowest BCUT2D eigenvalue weighted by atomic mass is 10.2. The lowest BCUT2D eigenvalue weighted by molar-refractivity contribution is 0.442. The molecule has 0 aliphatic heterocycles.